The van der Waals surface area contributed by atoms with E-state index >= 15 is 0 Å². The van der Waals surface area contributed by atoms with Gasteiger partial charge in [0.05, 0.1) is 5.41 Å². The molecule has 1 aliphatic heterocycles. The zero-order chi connectivity index (χ0) is 16.0. The second-order valence-electron chi connectivity index (χ2n) is 6.62. The average molecular weight is 325 g/mol. The van der Waals surface area contributed by atoms with Gasteiger partial charge in [-0.05, 0) is 42.5 Å². The summed E-state index contributed by atoms with van der Waals surface area (Å²) in [6.45, 7) is 1.42. The van der Waals surface area contributed by atoms with Crippen molar-refractivity contribution in [2.24, 2.45) is 11.8 Å². The standard InChI is InChI=1S/C19H13ClO3/c1-10(21)16-15-7-6-13-14-8-9-18(15,23-17(16)22)19(13,14)11-2-4-12(20)5-3-11/h2-9,13-14H,1H3/t13-,14+,18+,19-/m1/s1. The van der Waals surface area contributed by atoms with Gasteiger partial charge in [0.15, 0.2) is 11.4 Å². The molecular formula is C19H13ClO3. The Morgan fingerprint density at radius 3 is 2.57 bits per heavy atom. The normalized spacial score (nSPS) is 38.4. The van der Waals surface area contributed by atoms with Gasteiger partial charge >= 0.3 is 5.97 Å². The zero-order valence-corrected chi connectivity index (χ0v) is 13.1. The van der Waals surface area contributed by atoms with E-state index in [1.54, 1.807) is 0 Å². The van der Waals surface area contributed by atoms with E-state index in [4.69, 9.17) is 16.3 Å². The van der Waals surface area contributed by atoms with E-state index in [1.165, 1.54) is 6.92 Å². The van der Waals surface area contributed by atoms with Crippen molar-refractivity contribution in [3.05, 3.63) is 70.3 Å². The lowest BCUT2D eigenvalue weighted by Crippen LogP contribution is -2.44. The second-order valence-corrected chi connectivity index (χ2v) is 7.05. The lowest BCUT2D eigenvalue weighted by molar-refractivity contribution is -0.146. The summed E-state index contributed by atoms with van der Waals surface area (Å²) < 4.78 is 5.85. The minimum Gasteiger partial charge on any atom is -0.445 e. The van der Waals surface area contributed by atoms with Gasteiger partial charge in [-0.15, -0.1) is 0 Å². The molecule has 0 radical (unpaired) electrons. The number of hydrogen-bond donors (Lipinski definition) is 0. The highest BCUT2D eigenvalue weighted by atomic mass is 35.5. The summed E-state index contributed by atoms with van der Waals surface area (Å²) in [5.74, 6) is -0.176. The minimum atomic E-state index is -0.844. The van der Waals surface area contributed by atoms with Gasteiger partial charge < -0.3 is 4.74 Å². The highest BCUT2D eigenvalue weighted by Gasteiger charge is 2.80. The van der Waals surface area contributed by atoms with Crippen LogP contribution in [0.5, 0.6) is 0 Å². The largest absolute Gasteiger partial charge is 0.445 e. The molecule has 0 aromatic heterocycles. The Bertz CT molecular complexity index is 876. The number of fused-ring (bicyclic) bond motifs is 1. The predicted octanol–water partition coefficient (Wildman–Crippen LogP) is 3.14. The van der Waals surface area contributed by atoms with Crippen molar-refractivity contribution in [1.29, 1.82) is 0 Å². The zero-order valence-electron chi connectivity index (χ0n) is 12.4. The first-order valence-corrected chi connectivity index (χ1v) is 8.03. The van der Waals surface area contributed by atoms with E-state index in [1.807, 2.05) is 36.4 Å². The quantitative estimate of drug-likeness (QED) is 0.477. The average Bonchev–Trinajstić information content (AvgIpc) is 2.90. The first-order valence-electron chi connectivity index (χ1n) is 7.65. The Morgan fingerprint density at radius 2 is 1.87 bits per heavy atom. The third-order valence-corrected chi connectivity index (χ3v) is 6.01. The van der Waals surface area contributed by atoms with Crippen molar-refractivity contribution in [2.75, 3.05) is 0 Å². The molecule has 4 atom stereocenters. The molecule has 114 valence electrons. The van der Waals surface area contributed by atoms with Crippen LogP contribution in [-0.4, -0.2) is 17.4 Å². The molecule has 5 rings (SSSR count). The summed E-state index contributed by atoms with van der Waals surface area (Å²) in [4.78, 5) is 24.3. The van der Waals surface area contributed by atoms with Gasteiger partial charge in [-0.2, -0.15) is 0 Å². The van der Waals surface area contributed by atoms with Crippen LogP contribution in [0.3, 0.4) is 0 Å². The fourth-order valence-corrected chi connectivity index (χ4v) is 5.03. The van der Waals surface area contributed by atoms with Crippen molar-refractivity contribution in [3.63, 3.8) is 0 Å². The molecule has 1 fully saturated rings. The van der Waals surface area contributed by atoms with E-state index in [0.29, 0.717) is 10.6 Å². The molecule has 4 aliphatic rings. The molecule has 1 aromatic carbocycles. The predicted molar refractivity (Wildman–Crippen MR) is 84.9 cm³/mol. The molecule has 0 amide bonds. The van der Waals surface area contributed by atoms with Crippen LogP contribution in [0.15, 0.2) is 59.7 Å². The van der Waals surface area contributed by atoms with Gasteiger partial charge in [0.2, 0.25) is 0 Å². The van der Waals surface area contributed by atoms with E-state index in [9.17, 15) is 9.59 Å². The van der Waals surface area contributed by atoms with Gasteiger partial charge in [0.25, 0.3) is 0 Å². The third kappa shape index (κ3) is 1.26. The topological polar surface area (TPSA) is 43.4 Å². The fraction of sp³-hybridized carbons (Fsp3) is 0.263. The van der Waals surface area contributed by atoms with Crippen molar-refractivity contribution in [3.8, 4) is 0 Å². The highest BCUT2D eigenvalue weighted by molar-refractivity contribution is 6.30. The van der Waals surface area contributed by atoms with Crippen LogP contribution in [0.4, 0.5) is 0 Å². The van der Waals surface area contributed by atoms with E-state index in [-0.39, 0.29) is 28.6 Å². The van der Waals surface area contributed by atoms with Crippen LogP contribution in [0.1, 0.15) is 12.5 Å². The lowest BCUT2D eigenvalue weighted by Gasteiger charge is -2.37. The number of benzene rings is 1. The maximum atomic E-state index is 12.4. The number of ketones is 1. The monoisotopic (exact) mass is 324 g/mol. The summed E-state index contributed by atoms with van der Waals surface area (Å²) in [7, 11) is 0. The van der Waals surface area contributed by atoms with Crippen LogP contribution in [0.25, 0.3) is 0 Å². The molecule has 1 heterocycles. The first kappa shape index (κ1) is 13.3. The number of ether oxygens (including phenoxy) is 1. The van der Waals surface area contributed by atoms with Crippen molar-refractivity contribution >= 4 is 23.4 Å². The molecule has 3 nitrogen and oxygen atoms in total. The Kier molecular flexibility index (Phi) is 2.23. The maximum Gasteiger partial charge on any atom is 0.343 e. The van der Waals surface area contributed by atoms with Gasteiger partial charge in [0, 0.05) is 10.6 Å². The molecule has 0 saturated heterocycles. The second kappa shape index (κ2) is 3.85. The summed E-state index contributed by atoms with van der Waals surface area (Å²) in [5.41, 5.74) is 0.821. The van der Waals surface area contributed by atoms with Crippen LogP contribution < -0.4 is 0 Å². The SMILES string of the molecule is CC(=O)C1=C2C=C[C@@H]3[C@@H]4C=C[C@@]2(OC1=O)[C@]34c1ccc(Cl)cc1. The Hall–Kier alpha value is -2.13. The Balaban J connectivity index is 1.79. The smallest absolute Gasteiger partial charge is 0.343 e. The van der Waals surface area contributed by atoms with Crippen LogP contribution in [0, 0.1) is 11.8 Å². The van der Waals surface area contributed by atoms with Crippen molar-refractivity contribution < 1.29 is 14.3 Å². The van der Waals surface area contributed by atoms with Crippen molar-refractivity contribution in [2.45, 2.75) is 17.9 Å². The summed E-state index contributed by atoms with van der Waals surface area (Å²) >= 11 is 6.03. The number of esters is 1. The number of allylic oxidation sites excluding steroid dienone is 2. The molecular weight excluding hydrogens is 312 g/mol. The molecule has 3 aliphatic carbocycles. The van der Waals surface area contributed by atoms with Gasteiger partial charge in [0.1, 0.15) is 5.57 Å². The molecule has 1 aromatic rings. The number of hydrogen-bond acceptors (Lipinski definition) is 3. The lowest BCUT2D eigenvalue weighted by atomic mass is 9.70. The first-order chi connectivity index (χ1) is 11.0. The number of carbonyl (C=O) groups is 2. The number of halogens is 1. The van der Waals surface area contributed by atoms with Crippen LogP contribution in [-0.2, 0) is 19.7 Å². The Labute approximate surface area is 138 Å². The summed E-state index contributed by atoms with van der Waals surface area (Å²) in [6.07, 6.45) is 8.11. The third-order valence-electron chi connectivity index (χ3n) is 5.75. The molecule has 0 bridgehead atoms. The molecule has 23 heavy (non-hydrogen) atoms. The van der Waals surface area contributed by atoms with Gasteiger partial charge in [-0.1, -0.05) is 42.0 Å². The number of rotatable bonds is 2. The molecule has 1 spiro atoms. The molecule has 1 saturated carbocycles. The molecule has 0 unspecified atom stereocenters. The van der Waals surface area contributed by atoms with E-state index < -0.39 is 11.6 Å². The van der Waals surface area contributed by atoms with Gasteiger partial charge in [-0.3, -0.25) is 4.79 Å². The Morgan fingerprint density at radius 1 is 1.17 bits per heavy atom. The minimum absolute atomic E-state index is 0.185. The van der Waals surface area contributed by atoms with Crippen LogP contribution >= 0.6 is 11.6 Å². The summed E-state index contributed by atoms with van der Waals surface area (Å²) in [5, 5.41) is 0.676. The fourth-order valence-electron chi connectivity index (χ4n) is 4.90. The number of Topliss-reactive ketones (excluding diaryl/α,β-unsaturated/α-hetero) is 1. The van der Waals surface area contributed by atoms with Crippen molar-refractivity contribution in [1.82, 2.24) is 0 Å². The van der Waals surface area contributed by atoms with Crippen LogP contribution in [0.2, 0.25) is 5.02 Å². The number of carbonyl (C=O) groups excluding carboxylic acids is 2. The van der Waals surface area contributed by atoms with E-state index in [0.717, 1.165) is 5.56 Å². The van der Waals surface area contributed by atoms with Gasteiger partial charge in [-0.25, -0.2) is 4.79 Å². The molecule has 0 N–H and O–H groups in total. The summed E-state index contributed by atoms with van der Waals surface area (Å²) in [6, 6.07) is 7.73. The molecule has 4 heteroatoms. The van der Waals surface area contributed by atoms with E-state index in [2.05, 4.69) is 12.2 Å². The highest BCUT2D eigenvalue weighted by Crippen LogP contribution is 2.76. The maximum absolute atomic E-state index is 12.4.